The van der Waals surface area contributed by atoms with E-state index in [1.807, 2.05) is 0 Å². The molecule has 4 heteroatoms. The van der Waals surface area contributed by atoms with Gasteiger partial charge in [-0.15, -0.1) is 0 Å². The first kappa shape index (κ1) is 14.5. The fraction of sp³-hybridized carbons (Fsp3) is 0.250. The standard InChI is InChI=1S/C16H17F2NO/c1-10-3-8-14(9-15(10)18)20-11(2)16(19)12-4-6-13(17)7-5-12/h3-9,11,16H,19H2,1-2H3. The Balaban J connectivity index is 2.08. The van der Waals surface area contributed by atoms with Crippen molar-refractivity contribution < 1.29 is 13.5 Å². The van der Waals surface area contributed by atoms with Gasteiger partial charge in [-0.3, -0.25) is 0 Å². The molecule has 0 spiro atoms. The lowest BCUT2D eigenvalue weighted by Crippen LogP contribution is -2.28. The second-order valence-corrected chi connectivity index (χ2v) is 4.81. The molecule has 2 aromatic rings. The number of aryl methyl sites for hydroxylation is 1. The molecule has 2 nitrogen and oxygen atoms in total. The highest BCUT2D eigenvalue weighted by molar-refractivity contribution is 5.29. The molecule has 0 bridgehead atoms. The molecule has 2 aromatic carbocycles. The molecule has 106 valence electrons. The van der Waals surface area contributed by atoms with Crippen LogP contribution in [0.25, 0.3) is 0 Å². The normalized spacial score (nSPS) is 13.8. The molecule has 2 N–H and O–H groups in total. The van der Waals surface area contributed by atoms with Crippen LogP contribution in [-0.2, 0) is 0 Å². The van der Waals surface area contributed by atoms with Crippen LogP contribution in [0, 0.1) is 18.6 Å². The largest absolute Gasteiger partial charge is 0.489 e. The van der Waals surface area contributed by atoms with E-state index in [0.717, 1.165) is 5.56 Å². The minimum absolute atomic E-state index is 0.310. The molecule has 0 fully saturated rings. The van der Waals surface area contributed by atoms with Gasteiger partial charge in [0, 0.05) is 6.07 Å². The summed E-state index contributed by atoms with van der Waals surface area (Å²) in [4.78, 5) is 0. The molecule has 0 radical (unpaired) electrons. The fourth-order valence-corrected chi connectivity index (χ4v) is 1.89. The summed E-state index contributed by atoms with van der Waals surface area (Å²) in [7, 11) is 0. The SMILES string of the molecule is Cc1ccc(OC(C)C(N)c2ccc(F)cc2)cc1F. The topological polar surface area (TPSA) is 35.2 Å². The average Bonchev–Trinajstić information content (AvgIpc) is 2.43. The molecular weight excluding hydrogens is 260 g/mol. The van der Waals surface area contributed by atoms with Gasteiger partial charge in [-0.2, -0.15) is 0 Å². The number of rotatable bonds is 4. The van der Waals surface area contributed by atoms with Crippen molar-refractivity contribution in [2.24, 2.45) is 5.73 Å². The van der Waals surface area contributed by atoms with Gasteiger partial charge in [0.1, 0.15) is 23.5 Å². The van der Waals surface area contributed by atoms with Crippen molar-refractivity contribution >= 4 is 0 Å². The Morgan fingerprint density at radius 3 is 2.30 bits per heavy atom. The predicted molar refractivity (Wildman–Crippen MR) is 74.6 cm³/mol. The highest BCUT2D eigenvalue weighted by Crippen LogP contribution is 2.22. The lowest BCUT2D eigenvalue weighted by molar-refractivity contribution is 0.189. The lowest BCUT2D eigenvalue weighted by Gasteiger charge is -2.22. The molecule has 2 unspecified atom stereocenters. The zero-order valence-electron chi connectivity index (χ0n) is 11.4. The summed E-state index contributed by atoms with van der Waals surface area (Å²) in [5, 5.41) is 0. The van der Waals surface area contributed by atoms with Gasteiger partial charge in [0.15, 0.2) is 0 Å². The molecule has 0 aliphatic rings. The van der Waals surface area contributed by atoms with Crippen LogP contribution in [0.3, 0.4) is 0 Å². The van der Waals surface area contributed by atoms with Crippen molar-refractivity contribution in [2.75, 3.05) is 0 Å². The van der Waals surface area contributed by atoms with Crippen LogP contribution in [-0.4, -0.2) is 6.10 Å². The van der Waals surface area contributed by atoms with Gasteiger partial charge in [0.25, 0.3) is 0 Å². The average molecular weight is 277 g/mol. The van der Waals surface area contributed by atoms with Crippen LogP contribution in [0.2, 0.25) is 0 Å². The van der Waals surface area contributed by atoms with E-state index in [-0.39, 0.29) is 17.7 Å². The number of hydrogen-bond acceptors (Lipinski definition) is 2. The summed E-state index contributed by atoms with van der Waals surface area (Å²) in [5.74, 6) is -0.196. The smallest absolute Gasteiger partial charge is 0.129 e. The maximum Gasteiger partial charge on any atom is 0.129 e. The number of halogens is 2. The monoisotopic (exact) mass is 277 g/mol. The summed E-state index contributed by atoms with van der Waals surface area (Å²) in [6.45, 7) is 3.48. The van der Waals surface area contributed by atoms with Crippen molar-refractivity contribution in [1.29, 1.82) is 0 Å². The van der Waals surface area contributed by atoms with Gasteiger partial charge in [0.05, 0.1) is 6.04 Å². The van der Waals surface area contributed by atoms with Crippen LogP contribution in [0.1, 0.15) is 24.1 Å². The van der Waals surface area contributed by atoms with Crippen LogP contribution >= 0.6 is 0 Å². The minimum Gasteiger partial charge on any atom is -0.489 e. The summed E-state index contributed by atoms with van der Waals surface area (Å²) in [6.07, 6.45) is -0.359. The summed E-state index contributed by atoms with van der Waals surface area (Å²) >= 11 is 0. The van der Waals surface area contributed by atoms with Gasteiger partial charge >= 0.3 is 0 Å². The Morgan fingerprint density at radius 2 is 1.70 bits per heavy atom. The van der Waals surface area contributed by atoms with Crippen molar-refractivity contribution in [3.8, 4) is 5.75 Å². The van der Waals surface area contributed by atoms with Crippen molar-refractivity contribution in [1.82, 2.24) is 0 Å². The molecule has 0 saturated carbocycles. The van der Waals surface area contributed by atoms with Gasteiger partial charge in [-0.05, 0) is 43.2 Å². The Hall–Kier alpha value is -1.94. The highest BCUT2D eigenvalue weighted by Gasteiger charge is 2.17. The van der Waals surface area contributed by atoms with E-state index < -0.39 is 6.04 Å². The second-order valence-electron chi connectivity index (χ2n) is 4.81. The van der Waals surface area contributed by atoms with E-state index in [1.54, 1.807) is 38.1 Å². The minimum atomic E-state index is -0.417. The molecule has 20 heavy (non-hydrogen) atoms. The molecule has 2 rings (SSSR count). The third-order valence-electron chi connectivity index (χ3n) is 3.23. The third kappa shape index (κ3) is 3.33. The first-order valence-electron chi connectivity index (χ1n) is 6.41. The Kier molecular flexibility index (Phi) is 4.35. The molecular formula is C16H17F2NO. The molecule has 0 saturated heterocycles. The molecule has 0 amide bonds. The second kappa shape index (κ2) is 6.01. The van der Waals surface area contributed by atoms with E-state index in [4.69, 9.17) is 10.5 Å². The van der Waals surface area contributed by atoms with Crippen LogP contribution in [0.15, 0.2) is 42.5 Å². The van der Waals surface area contributed by atoms with Crippen LogP contribution < -0.4 is 10.5 Å². The maximum absolute atomic E-state index is 13.4. The summed E-state index contributed by atoms with van der Waals surface area (Å²) in [5.41, 5.74) is 7.40. The van der Waals surface area contributed by atoms with Gasteiger partial charge in [-0.1, -0.05) is 18.2 Å². The first-order chi connectivity index (χ1) is 9.47. The Morgan fingerprint density at radius 1 is 1.05 bits per heavy atom. The van der Waals surface area contributed by atoms with Gasteiger partial charge < -0.3 is 10.5 Å². The number of nitrogens with two attached hydrogens (primary N) is 1. The van der Waals surface area contributed by atoms with Gasteiger partial charge in [0.2, 0.25) is 0 Å². The quantitative estimate of drug-likeness (QED) is 0.924. The molecule has 0 aliphatic carbocycles. The van der Waals surface area contributed by atoms with Crippen molar-refractivity contribution in [3.63, 3.8) is 0 Å². The Bertz CT molecular complexity index is 584. The van der Waals surface area contributed by atoms with Crippen LogP contribution in [0.4, 0.5) is 8.78 Å². The van der Waals surface area contributed by atoms with E-state index in [9.17, 15) is 8.78 Å². The predicted octanol–water partition coefficient (Wildman–Crippen LogP) is 3.74. The third-order valence-corrected chi connectivity index (χ3v) is 3.23. The van der Waals surface area contributed by atoms with Crippen molar-refractivity contribution in [3.05, 3.63) is 65.2 Å². The zero-order valence-corrected chi connectivity index (χ0v) is 11.4. The van der Waals surface area contributed by atoms with Gasteiger partial charge in [-0.25, -0.2) is 8.78 Å². The van der Waals surface area contributed by atoms with Crippen molar-refractivity contribution in [2.45, 2.75) is 26.0 Å². The molecule has 0 heterocycles. The Labute approximate surface area is 117 Å². The molecule has 2 atom stereocenters. The summed E-state index contributed by atoms with van der Waals surface area (Å²) < 4.78 is 31.9. The number of benzene rings is 2. The highest BCUT2D eigenvalue weighted by atomic mass is 19.1. The number of ether oxygens (including phenoxy) is 1. The lowest BCUT2D eigenvalue weighted by atomic mass is 10.0. The summed E-state index contributed by atoms with van der Waals surface area (Å²) in [6, 6.07) is 10.2. The van der Waals surface area contributed by atoms with Crippen LogP contribution in [0.5, 0.6) is 5.75 Å². The molecule has 0 aromatic heterocycles. The fourth-order valence-electron chi connectivity index (χ4n) is 1.89. The van der Waals surface area contributed by atoms with E-state index >= 15 is 0 Å². The van der Waals surface area contributed by atoms with E-state index in [1.165, 1.54) is 18.2 Å². The number of hydrogen-bond donors (Lipinski definition) is 1. The maximum atomic E-state index is 13.4. The van der Waals surface area contributed by atoms with E-state index in [0.29, 0.717) is 11.3 Å². The van der Waals surface area contributed by atoms with E-state index in [2.05, 4.69) is 0 Å². The first-order valence-corrected chi connectivity index (χ1v) is 6.41. The molecule has 0 aliphatic heterocycles. The zero-order chi connectivity index (χ0) is 14.7.